The number of nitrogens with zero attached hydrogens (tertiary/aromatic N) is 1. The van der Waals surface area contributed by atoms with Crippen molar-refractivity contribution >= 4 is 12.1 Å². The Hall–Kier alpha value is -2.08. The van der Waals surface area contributed by atoms with Crippen molar-refractivity contribution in [2.24, 2.45) is 0 Å². The number of esters is 1. The van der Waals surface area contributed by atoms with Crippen molar-refractivity contribution in [3.63, 3.8) is 0 Å². The molecule has 6 nitrogen and oxygen atoms in total. The number of hydrogen-bond acceptors (Lipinski definition) is 5. The molecule has 1 amide bonds. The fraction of sp³-hybridized carbons (Fsp3) is 0.467. The van der Waals surface area contributed by atoms with Gasteiger partial charge in [0.2, 0.25) is 0 Å². The monoisotopic (exact) mass is 293 g/mol. The molecule has 0 aromatic heterocycles. The first kappa shape index (κ1) is 15.3. The van der Waals surface area contributed by atoms with Gasteiger partial charge in [-0.1, -0.05) is 30.3 Å². The van der Waals surface area contributed by atoms with Crippen molar-refractivity contribution in [3.05, 3.63) is 35.9 Å². The summed E-state index contributed by atoms with van der Waals surface area (Å²) < 4.78 is 9.86. The second-order valence-corrected chi connectivity index (χ2v) is 4.91. The molecule has 114 valence electrons. The minimum absolute atomic E-state index is 0.125. The van der Waals surface area contributed by atoms with E-state index in [4.69, 9.17) is 4.74 Å². The Morgan fingerprint density at radius 2 is 2.05 bits per heavy atom. The van der Waals surface area contributed by atoms with E-state index in [1.54, 1.807) is 0 Å². The van der Waals surface area contributed by atoms with Crippen LogP contribution in [0, 0.1) is 0 Å². The van der Waals surface area contributed by atoms with Gasteiger partial charge in [-0.2, -0.15) is 0 Å². The molecular formula is C15H19NO5. The van der Waals surface area contributed by atoms with Crippen LogP contribution < -0.4 is 0 Å². The average molecular weight is 293 g/mol. The number of aliphatic hydroxyl groups is 1. The SMILES string of the molecule is COC(=O)[C@@H]1[C@H](O)CCCN1C(=O)OCc1ccccc1. The highest BCUT2D eigenvalue weighted by atomic mass is 16.6. The molecule has 1 saturated heterocycles. The number of benzene rings is 1. The summed E-state index contributed by atoms with van der Waals surface area (Å²) in [4.78, 5) is 25.1. The highest BCUT2D eigenvalue weighted by Crippen LogP contribution is 2.20. The first-order chi connectivity index (χ1) is 10.1. The molecule has 2 atom stereocenters. The summed E-state index contributed by atoms with van der Waals surface area (Å²) in [6, 6.07) is 8.27. The Labute approximate surface area is 123 Å². The number of carbonyl (C=O) groups excluding carboxylic acids is 2. The van der Waals surface area contributed by atoms with Crippen LogP contribution >= 0.6 is 0 Å². The molecule has 0 bridgehead atoms. The van der Waals surface area contributed by atoms with Gasteiger partial charge in [0.25, 0.3) is 0 Å². The molecule has 1 aliphatic heterocycles. The van der Waals surface area contributed by atoms with E-state index >= 15 is 0 Å². The number of likely N-dealkylation sites (tertiary alicyclic amines) is 1. The largest absolute Gasteiger partial charge is 0.467 e. The van der Waals surface area contributed by atoms with E-state index in [1.807, 2.05) is 30.3 Å². The third-order valence-electron chi connectivity index (χ3n) is 3.48. The van der Waals surface area contributed by atoms with E-state index in [9.17, 15) is 14.7 Å². The molecule has 0 spiro atoms. The third-order valence-corrected chi connectivity index (χ3v) is 3.48. The standard InChI is InChI=1S/C15H19NO5/c1-20-14(18)13-12(17)8-5-9-16(13)15(19)21-10-11-6-3-2-4-7-11/h2-4,6-7,12-13,17H,5,8-10H2,1H3/t12-,13+/m1/s1. The predicted octanol–water partition coefficient (Wildman–Crippen LogP) is 1.32. The van der Waals surface area contributed by atoms with Crippen molar-refractivity contribution in [2.45, 2.75) is 31.6 Å². The summed E-state index contributed by atoms with van der Waals surface area (Å²) in [6.45, 7) is 0.491. The molecule has 1 aromatic rings. The number of rotatable bonds is 3. The zero-order valence-corrected chi connectivity index (χ0v) is 11.9. The van der Waals surface area contributed by atoms with Gasteiger partial charge < -0.3 is 14.6 Å². The number of piperidine rings is 1. The lowest BCUT2D eigenvalue weighted by Crippen LogP contribution is -2.55. The number of methoxy groups -OCH3 is 1. The van der Waals surface area contributed by atoms with Crippen LogP contribution in [0.15, 0.2) is 30.3 Å². The molecule has 0 radical (unpaired) electrons. The molecule has 2 rings (SSSR count). The smallest absolute Gasteiger partial charge is 0.410 e. The normalized spacial score (nSPS) is 21.7. The Balaban J connectivity index is 2.00. The van der Waals surface area contributed by atoms with Crippen molar-refractivity contribution in [2.75, 3.05) is 13.7 Å². The van der Waals surface area contributed by atoms with Crippen LogP contribution in [0.2, 0.25) is 0 Å². The van der Waals surface area contributed by atoms with E-state index in [2.05, 4.69) is 4.74 Å². The number of hydrogen-bond donors (Lipinski definition) is 1. The first-order valence-electron chi connectivity index (χ1n) is 6.86. The van der Waals surface area contributed by atoms with Crippen molar-refractivity contribution in [3.8, 4) is 0 Å². The van der Waals surface area contributed by atoms with E-state index in [1.165, 1.54) is 12.0 Å². The maximum absolute atomic E-state index is 12.1. The first-order valence-corrected chi connectivity index (χ1v) is 6.86. The topological polar surface area (TPSA) is 76.1 Å². The van der Waals surface area contributed by atoms with Crippen LogP contribution in [0.3, 0.4) is 0 Å². The molecule has 1 aromatic carbocycles. The van der Waals surface area contributed by atoms with E-state index in [0.29, 0.717) is 19.4 Å². The zero-order valence-electron chi connectivity index (χ0n) is 11.9. The summed E-state index contributed by atoms with van der Waals surface area (Å²) in [5.74, 6) is -0.626. The van der Waals surface area contributed by atoms with Gasteiger partial charge in [-0.05, 0) is 18.4 Å². The highest BCUT2D eigenvalue weighted by Gasteiger charge is 2.40. The second kappa shape index (κ2) is 7.08. The van der Waals surface area contributed by atoms with Gasteiger partial charge in [0, 0.05) is 6.54 Å². The van der Waals surface area contributed by atoms with Gasteiger partial charge in [-0.3, -0.25) is 4.90 Å². The minimum atomic E-state index is -0.993. The molecule has 1 N–H and O–H groups in total. The van der Waals surface area contributed by atoms with Gasteiger partial charge in [0.15, 0.2) is 6.04 Å². The molecule has 1 fully saturated rings. The summed E-state index contributed by atoms with van der Waals surface area (Å²) in [7, 11) is 1.23. The van der Waals surface area contributed by atoms with Crippen LogP contribution in [0.25, 0.3) is 0 Å². The molecule has 0 saturated carbocycles. The van der Waals surface area contributed by atoms with Crippen LogP contribution in [-0.4, -0.2) is 47.9 Å². The Kier molecular flexibility index (Phi) is 5.16. The summed E-state index contributed by atoms with van der Waals surface area (Å²) >= 11 is 0. The van der Waals surface area contributed by atoms with E-state index in [-0.39, 0.29) is 6.61 Å². The fourth-order valence-electron chi connectivity index (χ4n) is 2.39. The lowest BCUT2D eigenvalue weighted by molar-refractivity contribution is -0.152. The summed E-state index contributed by atoms with van der Waals surface area (Å²) in [6.07, 6.45) is -0.458. The summed E-state index contributed by atoms with van der Waals surface area (Å²) in [5.41, 5.74) is 0.859. The van der Waals surface area contributed by atoms with Gasteiger partial charge in [-0.25, -0.2) is 9.59 Å². The number of aliphatic hydroxyl groups excluding tert-OH is 1. The number of ether oxygens (including phenoxy) is 2. The lowest BCUT2D eigenvalue weighted by atomic mass is 9.99. The molecule has 0 unspecified atom stereocenters. The van der Waals surface area contributed by atoms with Gasteiger partial charge in [-0.15, -0.1) is 0 Å². The van der Waals surface area contributed by atoms with E-state index in [0.717, 1.165) is 5.56 Å². The van der Waals surface area contributed by atoms with Crippen LogP contribution in [-0.2, 0) is 20.9 Å². The Bertz CT molecular complexity index is 490. The van der Waals surface area contributed by atoms with Crippen LogP contribution in [0.4, 0.5) is 4.79 Å². The van der Waals surface area contributed by atoms with Crippen LogP contribution in [0.5, 0.6) is 0 Å². The molecule has 21 heavy (non-hydrogen) atoms. The van der Waals surface area contributed by atoms with Crippen molar-refractivity contribution < 1.29 is 24.2 Å². The molecule has 1 heterocycles. The third kappa shape index (κ3) is 3.72. The predicted molar refractivity (Wildman–Crippen MR) is 74.4 cm³/mol. The van der Waals surface area contributed by atoms with Gasteiger partial charge in [0.05, 0.1) is 13.2 Å². The van der Waals surface area contributed by atoms with E-state index < -0.39 is 24.2 Å². The van der Waals surface area contributed by atoms with Crippen LogP contribution in [0.1, 0.15) is 18.4 Å². The lowest BCUT2D eigenvalue weighted by Gasteiger charge is -2.36. The highest BCUT2D eigenvalue weighted by molar-refractivity contribution is 5.82. The fourth-order valence-corrected chi connectivity index (χ4v) is 2.39. The molecular weight excluding hydrogens is 274 g/mol. The maximum atomic E-state index is 12.1. The molecule has 0 aliphatic carbocycles. The quantitative estimate of drug-likeness (QED) is 0.851. The molecule has 6 heteroatoms. The summed E-state index contributed by atoms with van der Waals surface area (Å²) in [5, 5.41) is 9.92. The van der Waals surface area contributed by atoms with Gasteiger partial charge >= 0.3 is 12.1 Å². The number of amides is 1. The second-order valence-electron chi connectivity index (χ2n) is 4.91. The Morgan fingerprint density at radius 3 is 2.71 bits per heavy atom. The van der Waals surface area contributed by atoms with Crippen molar-refractivity contribution in [1.29, 1.82) is 0 Å². The zero-order chi connectivity index (χ0) is 15.2. The number of carbonyl (C=O) groups is 2. The minimum Gasteiger partial charge on any atom is -0.467 e. The average Bonchev–Trinajstić information content (AvgIpc) is 2.52. The maximum Gasteiger partial charge on any atom is 0.410 e. The Morgan fingerprint density at radius 1 is 1.33 bits per heavy atom. The molecule has 1 aliphatic rings. The van der Waals surface area contributed by atoms with Crippen molar-refractivity contribution in [1.82, 2.24) is 4.90 Å². The van der Waals surface area contributed by atoms with Gasteiger partial charge in [0.1, 0.15) is 6.61 Å².